The predicted octanol–water partition coefficient (Wildman–Crippen LogP) is 2.21. The third-order valence-corrected chi connectivity index (χ3v) is 9.83. The van der Waals surface area contributed by atoms with Crippen LogP contribution < -0.4 is 5.32 Å². The zero-order valence-electron chi connectivity index (χ0n) is 24.0. The van der Waals surface area contributed by atoms with Crippen molar-refractivity contribution in [2.24, 2.45) is 11.8 Å². The minimum atomic E-state index is -4.06. The largest absolute Gasteiger partial charge is 0.443 e. The quantitative estimate of drug-likeness (QED) is 0.253. The fourth-order valence-corrected chi connectivity index (χ4v) is 6.80. The smallest absolute Gasteiger partial charge is 0.407 e. The van der Waals surface area contributed by atoms with Crippen molar-refractivity contribution in [2.45, 2.75) is 68.6 Å². The summed E-state index contributed by atoms with van der Waals surface area (Å²) >= 11 is 0. The number of aliphatic hydroxyl groups excluding tert-OH is 3. The molecule has 2 aromatic rings. The number of nitrogens with one attached hydrogen (secondary N) is 1. The van der Waals surface area contributed by atoms with E-state index in [0.717, 1.165) is 18.4 Å². The summed E-state index contributed by atoms with van der Waals surface area (Å²) in [4.78, 5) is 13.0. The first-order valence-corrected chi connectivity index (χ1v) is 15.9. The Labute approximate surface area is 247 Å². The molecule has 4 N–H and O–H groups in total. The molecule has 11 nitrogen and oxygen atoms in total. The van der Waals surface area contributed by atoms with Crippen molar-refractivity contribution in [3.8, 4) is 0 Å². The zero-order chi connectivity index (χ0) is 30.3. The molecule has 0 unspecified atom stereocenters. The van der Waals surface area contributed by atoms with E-state index in [-0.39, 0.29) is 49.1 Å². The van der Waals surface area contributed by atoms with Crippen molar-refractivity contribution in [1.29, 1.82) is 0 Å². The van der Waals surface area contributed by atoms with E-state index >= 15 is 0 Å². The molecule has 0 aromatic heterocycles. The number of hydrogen-bond acceptors (Lipinski definition) is 9. The van der Waals surface area contributed by atoms with E-state index in [1.165, 1.54) is 28.6 Å². The molecular formula is C30H42N2O9S. The van der Waals surface area contributed by atoms with Gasteiger partial charge in [-0.25, -0.2) is 13.2 Å². The van der Waals surface area contributed by atoms with Crippen LogP contribution >= 0.6 is 0 Å². The molecule has 2 aliphatic rings. The number of amides is 1. The van der Waals surface area contributed by atoms with Gasteiger partial charge in [-0.15, -0.1) is 0 Å². The van der Waals surface area contributed by atoms with Crippen molar-refractivity contribution in [3.63, 3.8) is 0 Å². The van der Waals surface area contributed by atoms with Gasteiger partial charge in [0.15, 0.2) is 6.29 Å². The average Bonchev–Trinajstić information content (AvgIpc) is 3.61. The molecule has 4 rings (SSSR count). The molecule has 2 heterocycles. The summed E-state index contributed by atoms with van der Waals surface area (Å²) in [6.45, 7) is 4.05. The molecule has 7 atom stereocenters. The van der Waals surface area contributed by atoms with Crippen LogP contribution in [0.15, 0.2) is 59.5 Å². The maximum Gasteiger partial charge on any atom is 0.407 e. The third kappa shape index (κ3) is 8.07. The van der Waals surface area contributed by atoms with E-state index in [1.807, 2.05) is 44.2 Å². The highest BCUT2D eigenvalue weighted by molar-refractivity contribution is 7.89. The van der Waals surface area contributed by atoms with Gasteiger partial charge in [0, 0.05) is 13.1 Å². The van der Waals surface area contributed by atoms with Crippen LogP contribution in [0.4, 0.5) is 4.79 Å². The van der Waals surface area contributed by atoms with Crippen molar-refractivity contribution in [1.82, 2.24) is 9.62 Å². The summed E-state index contributed by atoms with van der Waals surface area (Å²) in [7, 11) is -4.06. The molecule has 0 saturated carbocycles. The molecule has 42 heavy (non-hydrogen) atoms. The molecule has 0 aliphatic carbocycles. The topological polar surface area (TPSA) is 155 Å². The molecule has 0 bridgehead atoms. The number of sulfonamides is 1. The molecule has 2 saturated heterocycles. The van der Waals surface area contributed by atoms with Crippen LogP contribution in [-0.2, 0) is 30.7 Å². The van der Waals surface area contributed by atoms with Gasteiger partial charge in [-0.1, -0.05) is 62.7 Å². The number of nitrogens with zero attached hydrogens (tertiary/aromatic N) is 1. The molecule has 12 heteroatoms. The Morgan fingerprint density at radius 1 is 1.10 bits per heavy atom. The number of hydrogen-bond donors (Lipinski definition) is 4. The van der Waals surface area contributed by atoms with Gasteiger partial charge >= 0.3 is 6.09 Å². The number of carbonyl (C=O) groups is 1. The number of ether oxygens (including phenoxy) is 3. The first kappa shape index (κ1) is 32.3. The van der Waals surface area contributed by atoms with Gasteiger partial charge in [0.1, 0.15) is 12.2 Å². The third-order valence-electron chi connectivity index (χ3n) is 7.99. The van der Waals surface area contributed by atoms with Crippen LogP contribution in [-0.4, -0.2) is 91.6 Å². The minimum Gasteiger partial charge on any atom is -0.443 e. The van der Waals surface area contributed by atoms with Crippen molar-refractivity contribution >= 4 is 16.1 Å². The second-order valence-corrected chi connectivity index (χ2v) is 13.0. The second-order valence-electron chi connectivity index (χ2n) is 11.1. The Morgan fingerprint density at radius 3 is 2.48 bits per heavy atom. The minimum absolute atomic E-state index is 0.00287. The van der Waals surface area contributed by atoms with Gasteiger partial charge < -0.3 is 34.8 Å². The molecule has 0 spiro atoms. The highest BCUT2D eigenvalue weighted by Crippen LogP contribution is 2.33. The Kier molecular flexibility index (Phi) is 11.3. The molecule has 1 amide bonds. The molecule has 2 aromatic carbocycles. The van der Waals surface area contributed by atoms with E-state index in [9.17, 15) is 28.5 Å². The normalized spacial score (nSPS) is 23.2. The van der Waals surface area contributed by atoms with Gasteiger partial charge in [-0.3, -0.25) is 0 Å². The summed E-state index contributed by atoms with van der Waals surface area (Å²) < 4.78 is 45.5. The highest BCUT2D eigenvalue weighted by atomic mass is 32.2. The Bertz CT molecular complexity index is 1250. The van der Waals surface area contributed by atoms with Gasteiger partial charge in [-0.05, 0) is 42.0 Å². The first-order chi connectivity index (χ1) is 20.1. The summed E-state index contributed by atoms with van der Waals surface area (Å²) in [6.07, 6.45) is -2.26. The van der Waals surface area contributed by atoms with Gasteiger partial charge in [0.05, 0.1) is 42.8 Å². The average molecular weight is 607 g/mol. The van der Waals surface area contributed by atoms with E-state index in [2.05, 4.69) is 5.32 Å². The molecule has 0 radical (unpaired) electrons. The van der Waals surface area contributed by atoms with Gasteiger partial charge in [0.2, 0.25) is 10.0 Å². The lowest BCUT2D eigenvalue weighted by Gasteiger charge is -2.31. The van der Waals surface area contributed by atoms with E-state index in [4.69, 9.17) is 14.2 Å². The molecule has 2 aliphatic heterocycles. The predicted molar refractivity (Wildman–Crippen MR) is 154 cm³/mol. The summed E-state index contributed by atoms with van der Waals surface area (Å²) in [5.74, 6) is -0.0498. The highest BCUT2D eigenvalue weighted by Gasteiger charge is 2.44. The SMILES string of the molecule is CC[C@H](C)CN(C[C@@H](O)[C@H](Cc1ccccc1)NC(=O)O[C@H]1CO[C@H]2OCC[C@H]21)S(=O)(=O)c1ccc([C@H](O)CO)cc1. The van der Waals surface area contributed by atoms with Crippen molar-refractivity contribution in [2.75, 3.05) is 32.9 Å². The maximum absolute atomic E-state index is 13.8. The first-order valence-electron chi connectivity index (χ1n) is 14.4. The van der Waals surface area contributed by atoms with E-state index in [1.54, 1.807) is 0 Å². The number of carbonyl (C=O) groups excluding carboxylic acids is 1. The number of alkyl carbamates (subject to hydrolysis) is 1. The fraction of sp³-hybridized carbons (Fsp3) is 0.567. The molecule has 232 valence electrons. The number of aliphatic hydroxyl groups is 3. The number of rotatable bonds is 14. The van der Waals surface area contributed by atoms with Gasteiger partial charge in [0.25, 0.3) is 0 Å². The Hall–Kier alpha value is -2.58. The van der Waals surface area contributed by atoms with Crippen molar-refractivity contribution < 1.29 is 42.7 Å². The Morgan fingerprint density at radius 2 is 1.81 bits per heavy atom. The lowest BCUT2D eigenvalue weighted by Crippen LogP contribution is -2.51. The van der Waals surface area contributed by atoms with Gasteiger partial charge in [-0.2, -0.15) is 4.31 Å². The van der Waals surface area contributed by atoms with Crippen LogP contribution in [0.5, 0.6) is 0 Å². The molecular weight excluding hydrogens is 564 g/mol. The lowest BCUT2D eigenvalue weighted by molar-refractivity contribution is -0.0907. The van der Waals surface area contributed by atoms with Crippen LogP contribution in [0.25, 0.3) is 0 Å². The summed E-state index contributed by atoms with van der Waals surface area (Å²) in [5.41, 5.74) is 1.24. The van der Waals surface area contributed by atoms with E-state index in [0.29, 0.717) is 12.2 Å². The standard InChI is InChI=1S/C30H42N2O9S/c1-3-20(2)16-32(42(37,38)23-11-9-22(10-12-23)27(35)18-33)17-26(34)25(15-21-7-5-4-6-8-21)31-30(36)41-28-19-40-29-24(28)13-14-39-29/h4-12,20,24-29,33-35H,3,13-19H2,1-2H3,(H,31,36)/t20-,24-,25-,26+,27+,28-,29+/m0/s1. The second kappa shape index (κ2) is 14.7. The number of benzene rings is 2. The monoisotopic (exact) mass is 606 g/mol. The maximum atomic E-state index is 13.8. The Balaban J connectivity index is 1.53. The van der Waals surface area contributed by atoms with Crippen LogP contribution in [0.1, 0.15) is 43.9 Å². The van der Waals surface area contributed by atoms with Crippen molar-refractivity contribution in [3.05, 3.63) is 65.7 Å². The van der Waals surface area contributed by atoms with Crippen LogP contribution in [0.2, 0.25) is 0 Å². The summed E-state index contributed by atoms with van der Waals surface area (Å²) in [6, 6.07) is 14.1. The summed E-state index contributed by atoms with van der Waals surface area (Å²) in [5, 5.41) is 33.4. The zero-order valence-corrected chi connectivity index (χ0v) is 24.9. The fourth-order valence-electron chi connectivity index (χ4n) is 5.22. The van der Waals surface area contributed by atoms with Crippen LogP contribution in [0, 0.1) is 11.8 Å². The van der Waals surface area contributed by atoms with Crippen LogP contribution in [0.3, 0.4) is 0 Å². The molecule has 2 fully saturated rings. The lowest BCUT2D eigenvalue weighted by atomic mass is 10.0. The van der Waals surface area contributed by atoms with E-state index < -0.39 is 47.1 Å². The number of fused-ring (bicyclic) bond motifs is 1.